The number of nitrogens with one attached hydrogen (secondary N) is 1. The molecule has 0 bridgehead atoms. The van der Waals surface area contributed by atoms with E-state index in [0.29, 0.717) is 5.82 Å². The largest absolute Gasteiger partial charge is 0.383 e. The third kappa shape index (κ3) is 1.36. The molecule has 1 fully saturated rings. The molecule has 5 nitrogen and oxygen atoms in total. The van der Waals surface area contributed by atoms with E-state index < -0.39 is 0 Å². The lowest BCUT2D eigenvalue weighted by atomic mass is 9.82. The van der Waals surface area contributed by atoms with E-state index in [1.54, 1.807) is 0 Å². The number of hydrogen-bond acceptors (Lipinski definition) is 4. The second-order valence-corrected chi connectivity index (χ2v) is 4.78. The fraction of sp³-hybridized carbons (Fsp3) is 0.455. The summed E-state index contributed by atoms with van der Waals surface area (Å²) in [6.07, 6.45) is 4.40. The van der Waals surface area contributed by atoms with Crippen LogP contribution in [0.15, 0.2) is 12.5 Å². The van der Waals surface area contributed by atoms with Crippen molar-refractivity contribution in [2.75, 3.05) is 18.9 Å². The van der Waals surface area contributed by atoms with Crippen LogP contribution >= 0.6 is 0 Å². The minimum Gasteiger partial charge on any atom is -0.383 e. The van der Waals surface area contributed by atoms with Gasteiger partial charge in [-0.25, -0.2) is 9.97 Å². The van der Waals surface area contributed by atoms with Gasteiger partial charge in [0.15, 0.2) is 0 Å². The Labute approximate surface area is 93.0 Å². The first-order chi connectivity index (χ1) is 7.68. The van der Waals surface area contributed by atoms with Gasteiger partial charge in [0.25, 0.3) is 0 Å². The molecular formula is C11H14N4O. The van der Waals surface area contributed by atoms with Crippen molar-refractivity contribution in [2.24, 2.45) is 5.41 Å². The number of ether oxygens (including phenoxy) is 1. The number of rotatable bonds is 2. The number of nitrogen functional groups attached to an aromatic ring is 1. The zero-order chi connectivity index (χ0) is 11.2. The van der Waals surface area contributed by atoms with E-state index in [2.05, 4.69) is 21.9 Å². The Morgan fingerprint density at radius 3 is 3.00 bits per heavy atom. The van der Waals surface area contributed by atoms with Crippen molar-refractivity contribution in [1.29, 1.82) is 0 Å². The van der Waals surface area contributed by atoms with Crippen LogP contribution < -0.4 is 5.73 Å². The van der Waals surface area contributed by atoms with Crippen LogP contribution in [0.1, 0.15) is 12.5 Å². The number of aromatic amines is 1. The third-order valence-corrected chi connectivity index (χ3v) is 3.10. The second-order valence-electron chi connectivity index (χ2n) is 4.78. The summed E-state index contributed by atoms with van der Waals surface area (Å²) in [6, 6.07) is 0. The highest BCUT2D eigenvalue weighted by molar-refractivity contribution is 5.89. The molecule has 0 atom stereocenters. The molecule has 84 valence electrons. The minimum absolute atomic E-state index is 0.234. The lowest BCUT2D eigenvalue weighted by Gasteiger charge is -2.38. The highest BCUT2D eigenvalue weighted by Gasteiger charge is 2.34. The summed E-state index contributed by atoms with van der Waals surface area (Å²) in [6.45, 7) is 3.84. The Hall–Kier alpha value is -1.62. The van der Waals surface area contributed by atoms with E-state index in [-0.39, 0.29) is 5.41 Å². The van der Waals surface area contributed by atoms with E-state index in [1.807, 2.05) is 6.20 Å². The zero-order valence-electron chi connectivity index (χ0n) is 9.16. The molecular weight excluding hydrogens is 204 g/mol. The molecule has 3 N–H and O–H groups in total. The van der Waals surface area contributed by atoms with E-state index in [1.165, 1.54) is 11.9 Å². The molecule has 2 aromatic rings. The van der Waals surface area contributed by atoms with Gasteiger partial charge in [0.1, 0.15) is 17.8 Å². The maximum atomic E-state index is 5.88. The first kappa shape index (κ1) is 9.59. The second kappa shape index (κ2) is 3.18. The molecule has 5 heteroatoms. The average Bonchev–Trinajstić information content (AvgIpc) is 2.61. The Balaban J connectivity index is 2.03. The number of nitrogens with zero attached hydrogens (tertiary/aromatic N) is 2. The Bertz CT molecular complexity index is 530. The van der Waals surface area contributed by atoms with Gasteiger partial charge in [-0.3, -0.25) is 0 Å². The van der Waals surface area contributed by atoms with Crippen LogP contribution in [0, 0.1) is 5.41 Å². The molecule has 0 saturated carbocycles. The number of anilines is 1. The van der Waals surface area contributed by atoms with Gasteiger partial charge in [-0.05, 0) is 12.0 Å². The maximum Gasteiger partial charge on any atom is 0.143 e. The number of fused-ring (bicyclic) bond motifs is 1. The molecule has 2 aromatic heterocycles. The number of hydrogen-bond donors (Lipinski definition) is 2. The fourth-order valence-electron chi connectivity index (χ4n) is 2.20. The molecule has 0 spiro atoms. The van der Waals surface area contributed by atoms with Crippen molar-refractivity contribution in [3.63, 3.8) is 0 Å². The first-order valence-corrected chi connectivity index (χ1v) is 5.32. The highest BCUT2D eigenvalue weighted by Crippen LogP contribution is 2.34. The molecule has 1 saturated heterocycles. The Morgan fingerprint density at radius 2 is 2.31 bits per heavy atom. The van der Waals surface area contributed by atoms with Crippen molar-refractivity contribution in [3.05, 3.63) is 18.1 Å². The van der Waals surface area contributed by atoms with Gasteiger partial charge in [-0.2, -0.15) is 0 Å². The van der Waals surface area contributed by atoms with E-state index in [9.17, 15) is 0 Å². The smallest absolute Gasteiger partial charge is 0.143 e. The Kier molecular flexibility index (Phi) is 1.91. The monoisotopic (exact) mass is 218 g/mol. The predicted octanol–water partition coefficient (Wildman–Crippen LogP) is 1.12. The van der Waals surface area contributed by atoms with Gasteiger partial charge in [0.05, 0.1) is 18.6 Å². The van der Waals surface area contributed by atoms with Gasteiger partial charge < -0.3 is 15.5 Å². The molecule has 16 heavy (non-hydrogen) atoms. The van der Waals surface area contributed by atoms with Gasteiger partial charge in [-0.1, -0.05) is 6.92 Å². The molecule has 0 radical (unpaired) electrons. The molecule has 3 rings (SSSR count). The van der Waals surface area contributed by atoms with Crippen molar-refractivity contribution < 1.29 is 4.74 Å². The summed E-state index contributed by atoms with van der Waals surface area (Å²) in [5.74, 6) is 0.546. The summed E-state index contributed by atoms with van der Waals surface area (Å²) < 4.78 is 5.26. The number of aromatic nitrogens is 3. The summed E-state index contributed by atoms with van der Waals surface area (Å²) in [4.78, 5) is 11.3. The van der Waals surface area contributed by atoms with Crippen LogP contribution in [0.5, 0.6) is 0 Å². The lowest BCUT2D eigenvalue weighted by Crippen LogP contribution is -2.41. The topological polar surface area (TPSA) is 76.8 Å². The summed E-state index contributed by atoms with van der Waals surface area (Å²) in [5, 5.41) is 0.954. The van der Waals surface area contributed by atoms with Crippen molar-refractivity contribution in [2.45, 2.75) is 13.3 Å². The predicted molar refractivity (Wildman–Crippen MR) is 60.9 cm³/mol. The first-order valence-electron chi connectivity index (χ1n) is 5.32. The molecule has 0 unspecified atom stereocenters. The Morgan fingerprint density at radius 1 is 1.50 bits per heavy atom. The van der Waals surface area contributed by atoms with Crippen LogP contribution in [0.2, 0.25) is 0 Å². The number of H-pyrrole nitrogens is 1. The van der Waals surface area contributed by atoms with Crippen LogP contribution in [0.4, 0.5) is 5.82 Å². The van der Waals surface area contributed by atoms with Gasteiger partial charge in [0, 0.05) is 11.6 Å². The van der Waals surface area contributed by atoms with Crippen molar-refractivity contribution in [3.8, 4) is 0 Å². The molecule has 0 amide bonds. The minimum atomic E-state index is 0.234. The van der Waals surface area contributed by atoms with Crippen LogP contribution in [-0.2, 0) is 11.2 Å². The quantitative estimate of drug-likeness (QED) is 0.791. The van der Waals surface area contributed by atoms with Crippen LogP contribution in [0.25, 0.3) is 11.0 Å². The molecule has 0 aromatic carbocycles. The maximum absolute atomic E-state index is 5.88. The molecule has 0 aliphatic carbocycles. The fourth-order valence-corrected chi connectivity index (χ4v) is 2.20. The molecule has 1 aliphatic rings. The SMILES string of the molecule is CC1(Cc2c[nH]c3ncnc(N)c23)COC1. The van der Waals surface area contributed by atoms with E-state index >= 15 is 0 Å². The normalized spacial score (nSPS) is 18.6. The van der Waals surface area contributed by atoms with Crippen molar-refractivity contribution in [1.82, 2.24) is 15.0 Å². The van der Waals surface area contributed by atoms with E-state index in [4.69, 9.17) is 10.5 Å². The molecule has 1 aliphatic heterocycles. The third-order valence-electron chi connectivity index (χ3n) is 3.10. The summed E-state index contributed by atoms with van der Waals surface area (Å²) in [5.41, 5.74) is 8.10. The zero-order valence-corrected chi connectivity index (χ0v) is 9.16. The highest BCUT2D eigenvalue weighted by atomic mass is 16.5. The van der Waals surface area contributed by atoms with Gasteiger partial charge in [-0.15, -0.1) is 0 Å². The summed E-state index contributed by atoms with van der Waals surface area (Å²) in [7, 11) is 0. The van der Waals surface area contributed by atoms with Crippen LogP contribution in [0.3, 0.4) is 0 Å². The molecule has 3 heterocycles. The van der Waals surface area contributed by atoms with E-state index in [0.717, 1.165) is 30.7 Å². The van der Waals surface area contributed by atoms with Gasteiger partial charge >= 0.3 is 0 Å². The van der Waals surface area contributed by atoms with Crippen molar-refractivity contribution >= 4 is 16.9 Å². The average molecular weight is 218 g/mol. The lowest BCUT2D eigenvalue weighted by molar-refractivity contribution is -0.100. The van der Waals surface area contributed by atoms with Gasteiger partial charge in [0.2, 0.25) is 0 Å². The number of nitrogens with two attached hydrogens (primary N) is 1. The standard InChI is InChI=1S/C11H14N4O/c1-11(4-16-5-11)2-7-3-13-10-8(7)9(12)14-6-15-10/h3,6H,2,4-5H2,1H3,(H3,12,13,14,15). The summed E-state index contributed by atoms with van der Waals surface area (Å²) >= 11 is 0. The van der Waals surface area contributed by atoms with Crippen LogP contribution in [-0.4, -0.2) is 28.2 Å².